The fraction of sp³-hybridized carbons (Fsp3) is 0.250. The highest BCUT2D eigenvalue weighted by molar-refractivity contribution is 9.23. The minimum atomic E-state index is 0.0159. The molecule has 0 nitrogen and oxygen atoms in total. The normalized spacial score (nSPS) is 9.00. The zero-order chi connectivity index (χ0) is 7.40. The van der Waals surface area contributed by atoms with Crippen molar-refractivity contribution in [2.24, 2.45) is 0 Å². The van der Waals surface area contributed by atoms with Crippen LogP contribution >= 0.6 is 12.9 Å². The molecular formula is C8H9BrMg. The summed E-state index contributed by atoms with van der Waals surface area (Å²) in [6.07, 6.45) is 0. The Bertz CT molecular complexity index is 193. The van der Waals surface area contributed by atoms with Crippen LogP contribution in [0, 0.1) is 6.92 Å². The van der Waals surface area contributed by atoms with Crippen molar-refractivity contribution >= 4 is 31.1 Å². The van der Waals surface area contributed by atoms with Crippen molar-refractivity contribution in [2.45, 2.75) is 11.5 Å². The Kier molecular flexibility index (Phi) is 3.74. The average molecular weight is 209 g/mol. The lowest BCUT2D eigenvalue weighted by molar-refractivity contribution is 1.36. The Morgan fingerprint density at radius 2 is 1.90 bits per heavy atom. The van der Waals surface area contributed by atoms with Crippen LogP contribution in [0.4, 0.5) is 0 Å². The van der Waals surface area contributed by atoms with Gasteiger partial charge < -0.3 is 12.9 Å². The number of hydrogen-bond acceptors (Lipinski definition) is 0. The number of aryl methyl sites for hydroxylation is 1. The van der Waals surface area contributed by atoms with Crippen molar-refractivity contribution in [3.63, 3.8) is 0 Å². The first-order chi connectivity index (χ1) is 4.83. The fourth-order valence-electron chi connectivity index (χ4n) is 0.864. The van der Waals surface area contributed by atoms with Crippen molar-refractivity contribution in [1.82, 2.24) is 0 Å². The lowest BCUT2D eigenvalue weighted by Crippen LogP contribution is -1.87. The Balaban J connectivity index is 2.69. The lowest BCUT2D eigenvalue weighted by atomic mass is 10.2. The third-order valence-corrected chi connectivity index (χ3v) is 3.46. The van der Waals surface area contributed by atoms with Crippen LogP contribution in [0.15, 0.2) is 24.3 Å². The highest BCUT2D eigenvalue weighted by Gasteiger charge is 1.92. The quantitative estimate of drug-likeness (QED) is 0.657. The van der Waals surface area contributed by atoms with Gasteiger partial charge in [-0.2, -0.15) is 0 Å². The van der Waals surface area contributed by atoms with Gasteiger partial charge in [0.05, 0.1) is 0 Å². The van der Waals surface area contributed by atoms with E-state index in [0.717, 1.165) is 0 Å². The van der Waals surface area contributed by atoms with Gasteiger partial charge in [0.15, 0.2) is 0 Å². The summed E-state index contributed by atoms with van der Waals surface area (Å²) in [6.45, 7) is 2.12. The third-order valence-electron chi connectivity index (χ3n) is 1.50. The van der Waals surface area contributed by atoms with Crippen LogP contribution in [0.2, 0.25) is 0 Å². The molecule has 0 fully saturated rings. The van der Waals surface area contributed by atoms with E-state index in [1.165, 1.54) is 15.7 Å². The van der Waals surface area contributed by atoms with E-state index in [4.69, 9.17) is 0 Å². The van der Waals surface area contributed by atoms with Crippen molar-refractivity contribution < 1.29 is 0 Å². The van der Waals surface area contributed by atoms with Crippen LogP contribution in [0.5, 0.6) is 0 Å². The van der Waals surface area contributed by atoms with E-state index >= 15 is 0 Å². The van der Waals surface area contributed by atoms with E-state index in [1.807, 2.05) is 0 Å². The van der Waals surface area contributed by atoms with Gasteiger partial charge >= 0.3 is 18.2 Å². The molecule has 0 N–H and O–H groups in total. The molecule has 50 valence electrons. The summed E-state index contributed by atoms with van der Waals surface area (Å²) < 4.78 is 1.26. The maximum atomic E-state index is 3.54. The van der Waals surface area contributed by atoms with Gasteiger partial charge in [0.1, 0.15) is 0 Å². The topological polar surface area (TPSA) is 0 Å². The molecule has 1 aromatic carbocycles. The van der Waals surface area contributed by atoms with Crippen LogP contribution < -0.4 is 0 Å². The second kappa shape index (κ2) is 4.37. The summed E-state index contributed by atoms with van der Waals surface area (Å²) >= 11 is 3.56. The van der Waals surface area contributed by atoms with Crippen molar-refractivity contribution in [3.8, 4) is 0 Å². The summed E-state index contributed by atoms with van der Waals surface area (Å²) in [5, 5.41) is 0. The molecule has 0 heterocycles. The maximum absolute atomic E-state index is 3.54. The second-order valence-electron chi connectivity index (χ2n) is 2.42. The van der Waals surface area contributed by atoms with Crippen LogP contribution in [-0.4, -0.2) is 18.2 Å². The first-order valence-electron chi connectivity index (χ1n) is 3.44. The molecule has 0 aliphatic heterocycles. The SMILES string of the molecule is Cc1ccc([CH2][Mg][Br])cc1. The largest absolute Gasteiger partial charge is 0.473 e. The van der Waals surface area contributed by atoms with Crippen LogP contribution in [0.25, 0.3) is 0 Å². The first-order valence-corrected chi connectivity index (χ1v) is 8.34. The zero-order valence-corrected chi connectivity index (χ0v) is 9.10. The Morgan fingerprint density at radius 3 is 2.40 bits per heavy atom. The van der Waals surface area contributed by atoms with E-state index in [1.54, 1.807) is 0 Å². The van der Waals surface area contributed by atoms with E-state index in [0.29, 0.717) is 0 Å². The van der Waals surface area contributed by atoms with Gasteiger partial charge in [0.25, 0.3) is 0 Å². The maximum Gasteiger partial charge on any atom is 0.473 e. The molecule has 0 aromatic heterocycles. The average Bonchev–Trinajstić information content (AvgIpc) is 1.95. The van der Waals surface area contributed by atoms with Crippen LogP contribution in [0.3, 0.4) is 0 Å². The third kappa shape index (κ3) is 2.60. The molecule has 0 spiro atoms. The van der Waals surface area contributed by atoms with Crippen molar-refractivity contribution in [3.05, 3.63) is 35.4 Å². The van der Waals surface area contributed by atoms with Gasteiger partial charge in [-0.15, -0.1) is 4.55 Å². The molecule has 0 atom stereocenters. The van der Waals surface area contributed by atoms with Crippen LogP contribution in [0.1, 0.15) is 11.1 Å². The van der Waals surface area contributed by atoms with E-state index < -0.39 is 0 Å². The fourth-order valence-corrected chi connectivity index (χ4v) is 2.79. The molecular weight excluding hydrogens is 200 g/mol. The van der Waals surface area contributed by atoms with Crippen molar-refractivity contribution in [2.75, 3.05) is 0 Å². The van der Waals surface area contributed by atoms with E-state index in [2.05, 4.69) is 44.1 Å². The smallest absolute Gasteiger partial charge is 0.306 e. The molecule has 0 amide bonds. The first kappa shape index (κ1) is 8.56. The summed E-state index contributed by atoms with van der Waals surface area (Å²) in [4.78, 5) is 0. The lowest BCUT2D eigenvalue weighted by Gasteiger charge is -1.96. The molecule has 0 bridgehead atoms. The molecule has 0 aliphatic rings. The van der Waals surface area contributed by atoms with Crippen molar-refractivity contribution in [1.29, 1.82) is 0 Å². The molecule has 0 saturated carbocycles. The molecule has 1 aromatic rings. The Hall–Kier alpha value is 0.466. The number of rotatable bonds is 2. The molecule has 0 aliphatic carbocycles. The van der Waals surface area contributed by atoms with Crippen LogP contribution in [-0.2, 0) is 4.55 Å². The van der Waals surface area contributed by atoms with E-state index in [9.17, 15) is 0 Å². The van der Waals surface area contributed by atoms with Gasteiger partial charge in [0.2, 0.25) is 0 Å². The molecule has 0 radical (unpaired) electrons. The predicted octanol–water partition coefficient (Wildman–Crippen LogP) is 2.51. The van der Waals surface area contributed by atoms with Gasteiger partial charge in [-0.05, 0) is 6.92 Å². The summed E-state index contributed by atoms with van der Waals surface area (Å²) in [6, 6.07) is 8.77. The highest BCUT2D eigenvalue weighted by atomic mass is 79.9. The monoisotopic (exact) mass is 208 g/mol. The molecule has 0 unspecified atom stereocenters. The Morgan fingerprint density at radius 1 is 1.30 bits per heavy atom. The molecule has 10 heavy (non-hydrogen) atoms. The molecule has 2 heteroatoms. The summed E-state index contributed by atoms with van der Waals surface area (Å²) in [7, 11) is 0. The standard InChI is InChI=1S/C8H9.BrH.Mg/c1-7-3-5-8(2)6-4-7;;/h3-6H,1H2,2H3;1H;/q;;+1/p-1. The minimum absolute atomic E-state index is 0.0159. The van der Waals surface area contributed by atoms with E-state index in [-0.39, 0.29) is 18.2 Å². The predicted molar refractivity (Wildman–Crippen MR) is 49.6 cm³/mol. The van der Waals surface area contributed by atoms with Gasteiger partial charge in [-0.3, -0.25) is 0 Å². The molecule has 1 rings (SSSR count). The Labute approximate surface area is 77.6 Å². The summed E-state index contributed by atoms with van der Waals surface area (Å²) in [5.74, 6) is 0. The molecule has 0 saturated heterocycles. The number of halogens is 1. The van der Waals surface area contributed by atoms with Gasteiger partial charge in [-0.25, -0.2) is 0 Å². The highest BCUT2D eigenvalue weighted by Crippen LogP contribution is 2.03. The minimum Gasteiger partial charge on any atom is -0.306 e. The number of hydrogen-bond donors (Lipinski definition) is 0. The number of benzene rings is 1. The van der Waals surface area contributed by atoms with Gasteiger partial charge in [0, 0.05) is 0 Å². The van der Waals surface area contributed by atoms with Gasteiger partial charge in [-0.1, -0.05) is 35.4 Å². The zero-order valence-electron chi connectivity index (χ0n) is 6.10. The second-order valence-corrected chi connectivity index (χ2v) is 5.68. The summed E-state index contributed by atoms with van der Waals surface area (Å²) in [5.41, 5.74) is 2.81.